The van der Waals surface area contributed by atoms with E-state index in [1.165, 1.54) is 7.11 Å². The maximum absolute atomic E-state index is 11.7. The van der Waals surface area contributed by atoms with Crippen LogP contribution >= 0.6 is 0 Å². The van der Waals surface area contributed by atoms with Gasteiger partial charge in [0, 0.05) is 24.9 Å². The average Bonchev–Trinajstić information content (AvgIpc) is 2.50. The van der Waals surface area contributed by atoms with Gasteiger partial charge in [-0.05, 0) is 25.8 Å². The second-order valence-corrected chi connectivity index (χ2v) is 3.78. The Labute approximate surface area is 95.2 Å². The molecule has 88 valence electrons. The van der Waals surface area contributed by atoms with E-state index in [1.54, 1.807) is 0 Å². The van der Waals surface area contributed by atoms with Crippen molar-refractivity contribution in [2.75, 3.05) is 7.11 Å². The molecule has 1 rings (SSSR count). The van der Waals surface area contributed by atoms with Crippen LogP contribution < -0.4 is 0 Å². The van der Waals surface area contributed by atoms with Crippen LogP contribution in [0.5, 0.6) is 0 Å². The fourth-order valence-electron chi connectivity index (χ4n) is 1.90. The molecule has 0 atom stereocenters. The monoisotopic (exact) mass is 223 g/mol. The molecule has 0 saturated carbocycles. The summed E-state index contributed by atoms with van der Waals surface area (Å²) in [6.07, 6.45) is 1.87. The highest BCUT2D eigenvalue weighted by molar-refractivity contribution is 5.93. The Hall–Kier alpha value is -1.58. The highest BCUT2D eigenvalue weighted by atomic mass is 16.5. The first-order valence-corrected chi connectivity index (χ1v) is 5.21. The lowest BCUT2D eigenvalue weighted by Crippen LogP contribution is -2.06. The van der Waals surface area contributed by atoms with Crippen LogP contribution in [0.2, 0.25) is 0 Å². The molecule has 0 radical (unpaired) electrons. The second kappa shape index (κ2) is 4.96. The maximum Gasteiger partial charge on any atom is 0.339 e. The molecule has 0 aliphatic carbocycles. The van der Waals surface area contributed by atoms with Gasteiger partial charge < -0.3 is 14.1 Å². The van der Waals surface area contributed by atoms with Crippen molar-refractivity contribution in [2.24, 2.45) is 7.05 Å². The summed E-state index contributed by atoms with van der Waals surface area (Å²) in [5, 5.41) is 0. The molecule has 0 N–H and O–H groups in total. The highest BCUT2D eigenvalue weighted by Gasteiger charge is 2.21. The first kappa shape index (κ1) is 12.5. The topological polar surface area (TPSA) is 48.3 Å². The predicted octanol–water partition coefficient (Wildman–Crippen LogP) is 1.56. The van der Waals surface area contributed by atoms with E-state index >= 15 is 0 Å². The Kier molecular flexibility index (Phi) is 3.88. The Balaban J connectivity index is 3.26. The number of aldehydes is 1. The van der Waals surface area contributed by atoms with Crippen molar-refractivity contribution in [1.29, 1.82) is 0 Å². The van der Waals surface area contributed by atoms with Crippen molar-refractivity contribution in [3.63, 3.8) is 0 Å². The molecular formula is C12H17NO3. The molecule has 4 nitrogen and oxygen atoms in total. The molecule has 0 bridgehead atoms. The zero-order valence-electron chi connectivity index (χ0n) is 10.2. The Morgan fingerprint density at radius 2 is 2.00 bits per heavy atom. The van der Waals surface area contributed by atoms with Crippen LogP contribution in [0.15, 0.2) is 0 Å². The van der Waals surface area contributed by atoms with Gasteiger partial charge in [0.25, 0.3) is 0 Å². The van der Waals surface area contributed by atoms with Crippen LogP contribution in [0, 0.1) is 13.8 Å². The van der Waals surface area contributed by atoms with Gasteiger partial charge in [-0.25, -0.2) is 4.79 Å². The molecule has 0 unspecified atom stereocenters. The minimum absolute atomic E-state index is 0.331. The molecule has 16 heavy (non-hydrogen) atoms. The van der Waals surface area contributed by atoms with Gasteiger partial charge in [0.1, 0.15) is 6.29 Å². The van der Waals surface area contributed by atoms with E-state index in [2.05, 4.69) is 0 Å². The van der Waals surface area contributed by atoms with E-state index < -0.39 is 0 Å². The largest absolute Gasteiger partial charge is 0.465 e. The SMILES string of the molecule is COC(=O)c1c(CCC=O)c(C)n(C)c1C. The lowest BCUT2D eigenvalue weighted by molar-refractivity contribution is -0.107. The number of carbonyl (C=O) groups is 2. The molecule has 0 aromatic carbocycles. The molecule has 4 heteroatoms. The number of rotatable bonds is 4. The lowest BCUT2D eigenvalue weighted by Gasteiger charge is -2.02. The zero-order chi connectivity index (χ0) is 12.3. The lowest BCUT2D eigenvalue weighted by atomic mass is 10.0. The number of carbonyl (C=O) groups excluding carboxylic acids is 2. The van der Waals surface area contributed by atoms with Gasteiger partial charge in [-0.1, -0.05) is 0 Å². The highest BCUT2D eigenvalue weighted by Crippen LogP contribution is 2.23. The van der Waals surface area contributed by atoms with Gasteiger partial charge in [-0.2, -0.15) is 0 Å². The summed E-state index contributed by atoms with van der Waals surface area (Å²) in [6, 6.07) is 0. The third-order valence-electron chi connectivity index (χ3n) is 3.01. The predicted molar refractivity (Wildman–Crippen MR) is 60.6 cm³/mol. The summed E-state index contributed by atoms with van der Waals surface area (Å²) in [5.41, 5.74) is 3.41. The Morgan fingerprint density at radius 3 is 2.50 bits per heavy atom. The smallest absolute Gasteiger partial charge is 0.339 e. The van der Waals surface area contributed by atoms with Crippen LogP contribution in [0.1, 0.15) is 33.7 Å². The molecule has 0 fully saturated rings. The summed E-state index contributed by atoms with van der Waals surface area (Å²) in [6.45, 7) is 3.82. The number of nitrogens with zero attached hydrogens (tertiary/aromatic N) is 1. The van der Waals surface area contributed by atoms with Crippen LogP contribution in [-0.4, -0.2) is 23.9 Å². The Bertz CT molecular complexity index is 418. The summed E-state index contributed by atoms with van der Waals surface area (Å²) in [5.74, 6) is -0.331. The minimum atomic E-state index is -0.331. The molecule has 0 spiro atoms. The number of hydrogen-bond acceptors (Lipinski definition) is 3. The van der Waals surface area contributed by atoms with E-state index in [1.807, 2.05) is 25.5 Å². The van der Waals surface area contributed by atoms with Gasteiger partial charge in [0.15, 0.2) is 0 Å². The Morgan fingerprint density at radius 1 is 1.38 bits per heavy atom. The molecule has 0 amide bonds. The van der Waals surface area contributed by atoms with Crippen molar-refractivity contribution in [3.05, 3.63) is 22.5 Å². The third kappa shape index (κ3) is 2.01. The van der Waals surface area contributed by atoms with E-state index in [-0.39, 0.29) is 5.97 Å². The fraction of sp³-hybridized carbons (Fsp3) is 0.500. The molecule has 1 aromatic heterocycles. The van der Waals surface area contributed by atoms with E-state index in [0.717, 1.165) is 23.2 Å². The summed E-state index contributed by atoms with van der Waals surface area (Å²) < 4.78 is 6.72. The zero-order valence-corrected chi connectivity index (χ0v) is 10.2. The number of hydrogen-bond donors (Lipinski definition) is 0. The van der Waals surface area contributed by atoms with Crippen LogP contribution in [0.4, 0.5) is 0 Å². The first-order valence-electron chi connectivity index (χ1n) is 5.21. The van der Waals surface area contributed by atoms with Crippen molar-refractivity contribution < 1.29 is 14.3 Å². The van der Waals surface area contributed by atoms with Gasteiger partial charge >= 0.3 is 5.97 Å². The maximum atomic E-state index is 11.7. The third-order valence-corrected chi connectivity index (χ3v) is 3.01. The van der Waals surface area contributed by atoms with E-state index in [9.17, 15) is 9.59 Å². The van der Waals surface area contributed by atoms with Crippen molar-refractivity contribution in [2.45, 2.75) is 26.7 Å². The molecule has 0 aliphatic heterocycles. The molecular weight excluding hydrogens is 206 g/mol. The summed E-state index contributed by atoms with van der Waals surface area (Å²) in [4.78, 5) is 22.1. The average molecular weight is 223 g/mol. The van der Waals surface area contributed by atoms with Gasteiger partial charge in [-0.15, -0.1) is 0 Å². The van der Waals surface area contributed by atoms with Crippen molar-refractivity contribution in [1.82, 2.24) is 4.57 Å². The van der Waals surface area contributed by atoms with Crippen molar-refractivity contribution >= 4 is 12.3 Å². The minimum Gasteiger partial charge on any atom is -0.465 e. The summed E-state index contributed by atoms with van der Waals surface area (Å²) >= 11 is 0. The van der Waals surface area contributed by atoms with E-state index in [0.29, 0.717) is 18.4 Å². The molecule has 1 aromatic rings. The van der Waals surface area contributed by atoms with Gasteiger partial charge in [0.05, 0.1) is 12.7 Å². The standard InChI is InChI=1S/C12H17NO3/c1-8-10(6-5-7-14)11(12(15)16-4)9(2)13(8)3/h7H,5-6H2,1-4H3. The van der Waals surface area contributed by atoms with Gasteiger partial charge in [-0.3, -0.25) is 0 Å². The number of aromatic nitrogens is 1. The second-order valence-electron chi connectivity index (χ2n) is 3.78. The summed E-state index contributed by atoms with van der Waals surface area (Å²) in [7, 11) is 3.27. The number of ether oxygens (including phenoxy) is 1. The van der Waals surface area contributed by atoms with Crippen LogP contribution in [0.25, 0.3) is 0 Å². The van der Waals surface area contributed by atoms with Crippen LogP contribution in [-0.2, 0) is 23.0 Å². The van der Waals surface area contributed by atoms with E-state index in [4.69, 9.17) is 4.74 Å². The molecule has 0 aliphatic rings. The van der Waals surface area contributed by atoms with Crippen LogP contribution in [0.3, 0.4) is 0 Å². The first-order chi connectivity index (χ1) is 7.54. The quantitative estimate of drug-likeness (QED) is 0.575. The molecule has 0 saturated heterocycles. The fourth-order valence-corrected chi connectivity index (χ4v) is 1.90. The van der Waals surface area contributed by atoms with Crippen molar-refractivity contribution in [3.8, 4) is 0 Å². The number of esters is 1. The number of methoxy groups -OCH3 is 1. The molecule has 1 heterocycles. The van der Waals surface area contributed by atoms with Gasteiger partial charge in [0.2, 0.25) is 0 Å². The normalized spacial score (nSPS) is 10.2.